The highest BCUT2D eigenvalue weighted by atomic mass is 35.5. The highest BCUT2D eigenvalue weighted by Gasteiger charge is 2.29. The molecule has 8 nitrogen and oxygen atoms in total. The molecular weight excluding hydrogens is 449 g/mol. The second kappa shape index (κ2) is 10.3. The van der Waals surface area contributed by atoms with E-state index in [0.717, 1.165) is 12.5 Å². The van der Waals surface area contributed by atoms with Crippen LogP contribution in [0, 0.1) is 17.7 Å². The molecule has 0 radical (unpaired) electrons. The van der Waals surface area contributed by atoms with Gasteiger partial charge in [0, 0.05) is 18.5 Å². The van der Waals surface area contributed by atoms with Crippen molar-refractivity contribution in [1.29, 1.82) is 0 Å². The zero-order valence-corrected chi connectivity index (χ0v) is 18.9. The molecular formula is C23H27ClFN5O3. The van der Waals surface area contributed by atoms with Crippen LogP contribution >= 0.6 is 11.6 Å². The lowest BCUT2D eigenvalue weighted by Gasteiger charge is -2.28. The Bertz CT molecular complexity index is 1030. The Hall–Kier alpha value is -2.94. The fraction of sp³-hybridized carbons (Fsp3) is 0.478. The molecule has 3 amide bonds. The Morgan fingerprint density at radius 1 is 1.09 bits per heavy atom. The first kappa shape index (κ1) is 23.2. The molecule has 4 N–H and O–H groups in total. The largest absolute Gasteiger partial charge is 0.351 e. The topological polar surface area (TPSA) is 116 Å². The van der Waals surface area contributed by atoms with Crippen LogP contribution < -0.4 is 16.0 Å². The summed E-state index contributed by atoms with van der Waals surface area (Å²) in [6.45, 7) is 0.576. The van der Waals surface area contributed by atoms with E-state index in [2.05, 4.69) is 25.9 Å². The second-order valence-corrected chi connectivity index (χ2v) is 9.16. The molecule has 2 aliphatic carbocycles. The predicted molar refractivity (Wildman–Crippen MR) is 122 cm³/mol. The van der Waals surface area contributed by atoms with Gasteiger partial charge in [0.1, 0.15) is 11.5 Å². The first-order valence-electron chi connectivity index (χ1n) is 11.3. The summed E-state index contributed by atoms with van der Waals surface area (Å²) in [6.07, 6.45) is 7.15. The third-order valence-corrected chi connectivity index (χ3v) is 6.55. The number of aromatic amines is 1. The van der Waals surface area contributed by atoms with Crippen molar-refractivity contribution in [2.75, 3.05) is 11.9 Å². The van der Waals surface area contributed by atoms with Crippen molar-refractivity contribution in [3.05, 3.63) is 46.8 Å². The third kappa shape index (κ3) is 6.10. The number of hydrogen-bond acceptors (Lipinski definition) is 4. The van der Waals surface area contributed by atoms with Gasteiger partial charge in [-0.15, -0.1) is 0 Å². The molecule has 0 bridgehead atoms. The monoisotopic (exact) mass is 475 g/mol. The number of halogens is 2. The quantitative estimate of drug-likeness (QED) is 0.466. The van der Waals surface area contributed by atoms with Crippen molar-refractivity contribution in [2.45, 2.75) is 51.0 Å². The molecule has 33 heavy (non-hydrogen) atoms. The predicted octanol–water partition coefficient (Wildman–Crippen LogP) is 3.66. The lowest BCUT2D eigenvalue weighted by atomic mass is 9.85. The van der Waals surface area contributed by atoms with Crippen LogP contribution in [-0.4, -0.2) is 40.3 Å². The Balaban J connectivity index is 1.25. The second-order valence-electron chi connectivity index (χ2n) is 8.75. The van der Waals surface area contributed by atoms with Gasteiger partial charge in [-0.3, -0.25) is 14.4 Å². The van der Waals surface area contributed by atoms with Crippen LogP contribution in [-0.2, 0) is 4.79 Å². The number of nitrogens with zero attached hydrogens (tertiary/aromatic N) is 1. The maximum Gasteiger partial charge on any atom is 0.272 e. The first-order valence-corrected chi connectivity index (χ1v) is 11.7. The normalized spacial score (nSPS) is 20.2. The number of carbonyl (C=O) groups excluding carboxylic acids is 3. The third-order valence-electron chi connectivity index (χ3n) is 6.24. The smallest absolute Gasteiger partial charge is 0.272 e. The molecule has 0 atom stereocenters. The van der Waals surface area contributed by atoms with Crippen LogP contribution in [0.2, 0.25) is 5.02 Å². The summed E-state index contributed by atoms with van der Waals surface area (Å²) in [7, 11) is 0. The van der Waals surface area contributed by atoms with Crippen molar-refractivity contribution in [2.24, 2.45) is 11.8 Å². The van der Waals surface area contributed by atoms with E-state index >= 15 is 0 Å². The van der Waals surface area contributed by atoms with Crippen LogP contribution in [0.4, 0.5) is 10.1 Å². The molecule has 2 saturated carbocycles. The highest BCUT2D eigenvalue weighted by Crippen LogP contribution is 2.31. The maximum absolute atomic E-state index is 13.2. The van der Waals surface area contributed by atoms with Crippen LogP contribution in [0.15, 0.2) is 24.5 Å². The number of rotatable bonds is 8. The van der Waals surface area contributed by atoms with Crippen LogP contribution in [0.25, 0.3) is 0 Å². The average Bonchev–Trinajstić information content (AvgIpc) is 3.48. The summed E-state index contributed by atoms with van der Waals surface area (Å²) < 4.78 is 13.2. The van der Waals surface area contributed by atoms with E-state index in [4.69, 9.17) is 11.6 Å². The van der Waals surface area contributed by atoms with Crippen molar-refractivity contribution in [1.82, 2.24) is 20.6 Å². The van der Waals surface area contributed by atoms with Gasteiger partial charge in [0.15, 0.2) is 5.69 Å². The van der Waals surface area contributed by atoms with E-state index in [1.54, 1.807) is 0 Å². The van der Waals surface area contributed by atoms with Gasteiger partial charge >= 0.3 is 0 Å². The number of imidazole rings is 1. The molecule has 4 rings (SSSR count). The molecule has 176 valence electrons. The summed E-state index contributed by atoms with van der Waals surface area (Å²) in [6, 6.07) is 3.72. The van der Waals surface area contributed by atoms with Gasteiger partial charge in [-0.05, 0) is 56.2 Å². The summed E-state index contributed by atoms with van der Waals surface area (Å²) in [5.74, 6) is -0.901. The minimum Gasteiger partial charge on any atom is -0.351 e. The fourth-order valence-electron chi connectivity index (χ4n) is 4.10. The maximum atomic E-state index is 13.2. The molecule has 0 spiro atoms. The van der Waals surface area contributed by atoms with E-state index in [-0.39, 0.29) is 46.1 Å². The minimum atomic E-state index is -0.467. The van der Waals surface area contributed by atoms with Crippen LogP contribution in [0.5, 0.6) is 0 Å². The van der Waals surface area contributed by atoms with E-state index in [1.165, 1.54) is 31.3 Å². The molecule has 0 saturated heterocycles. The molecule has 1 aromatic heterocycles. The Labute approximate surface area is 196 Å². The number of anilines is 1. The van der Waals surface area contributed by atoms with Gasteiger partial charge in [0.05, 0.1) is 17.0 Å². The number of benzene rings is 1. The highest BCUT2D eigenvalue weighted by molar-refractivity contribution is 6.33. The van der Waals surface area contributed by atoms with Crippen molar-refractivity contribution < 1.29 is 18.8 Å². The van der Waals surface area contributed by atoms with E-state index in [0.29, 0.717) is 43.8 Å². The molecule has 1 aromatic carbocycles. The lowest BCUT2D eigenvalue weighted by Crippen LogP contribution is -2.40. The molecule has 2 aliphatic rings. The SMILES string of the molecule is O=C(NCCC1CC1)c1nc[nH]c1C(=O)N[C@H]1CC[C@H](C(=O)Nc2ccc(F)cc2Cl)CC1. The van der Waals surface area contributed by atoms with Crippen molar-refractivity contribution in [3.63, 3.8) is 0 Å². The number of carbonyl (C=O) groups is 3. The fourth-order valence-corrected chi connectivity index (χ4v) is 4.32. The summed E-state index contributed by atoms with van der Waals surface area (Å²) in [5, 5.41) is 8.66. The van der Waals surface area contributed by atoms with Crippen molar-refractivity contribution >= 4 is 35.0 Å². The Kier molecular flexibility index (Phi) is 7.27. The van der Waals surface area contributed by atoms with Gasteiger partial charge in [0.2, 0.25) is 5.91 Å². The van der Waals surface area contributed by atoms with Gasteiger partial charge < -0.3 is 20.9 Å². The van der Waals surface area contributed by atoms with E-state index in [9.17, 15) is 18.8 Å². The number of amides is 3. The van der Waals surface area contributed by atoms with Gasteiger partial charge in [-0.2, -0.15) is 0 Å². The number of nitrogens with one attached hydrogen (secondary N) is 4. The molecule has 2 aromatic rings. The van der Waals surface area contributed by atoms with Crippen LogP contribution in [0.3, 0.4) is 0 Å². The number of H-pyrrole nitrogens is 1. The number of aromatic nitrogens is 2. The van der Waals surface area contributed by atoms with Crippen molar-refractivity contribution in [3.8, 4) is 0 Å². The first-order chi connectivity index (χ1) is 15.9. The van der Waals surface area contributed by atoms with Gasteiger partial charge in [-0.1, -0.05) is 24.4 Å². The molecule has 1 heterocycles. The zero-order valence-electron chi connectivity index (χ0n) is 18.1. The zero-order chi connectivity index (χ0) is 23.4. The summed E-state index contributed by atoms with van der Waals surface area (Å²) in [4.78, 5) is 44.5. The molecule has 0 aliphatic heterocycles. The Morgan fingerprint density at radius 3 is 2.55 bits per heavy atom. The number of hydrogen-bond donors (Lipinski definition) is 4. The standard InChI is InChI=1S/C23H27ClFN5O3/c24-17-11-15(25)5-8-18(17)30-21(31)14-3-6-16(7-4-14)29-23(33)20-19(27-12-28-20)22(32)26-10-9-13-1-2-13/h5,8,11-14,16H,1-4,6-7,9-10H2,(H,26,32)(H,27,28)(H,29,33)(H,30,31)/t14-,16-. The molecule has 2 fully saturated rings. The van der Waals surface area contributed by atoms with Gasteiger partial charge in [0.25, 0.3) is 11.8 Å². The Morgan fingerprint density at radius 2 is 1.85 bits per heavy atom. The minimum absolute atomic E-state index is 0.0903. The van der Waals surface area contributed by atoms with E-state index < -0.39 is 5.82 Å². The average molecular weight is 476 g/mol. The summed E-state index contributed by atoms with van der Waals surface area (Å²) in [5.41, 5.74) is 0.609. The van der Waals surface area contributed by atoms with Gasteiger partial charge in [-0.25, -0.2) is 9.37 Å². The van der Waals surface area contributed by atoms with E-state index in [1.807, 2.05) is 0 Å². The molecule has 10 heteroatoms. The summed E-state index contributed by atoms with van der Waals surface area (Å²) >= 11 is 5.98. The molecule has 0 unspecified atom stereocenters. The van der Waals surface area contributed by atoms with Crippen LogP contribution in [0.1, 0.15) is 65.9 Å². The lowest BCUT2D eigenvalue weighted by molar-refractivity contribution is -0.120.